The Morgan fingerprint density at radius 1 is 0.964 bits per heavy atom. The van der Waals surface area contributed by atoms with Crippen LogP contribution in [0.5, 0.6) is 0 Å². The molecule has 8 nitrogen and oxygen atoms in total. The van der Waals surface area contributed by atoms with E-state index in [1.165, 1.54) is 18.1 Å². The largest absolute Gasteiger partial charge is 0.333 e. The van der Waals surface area contributed by atoms with Crippen LogP contribution in [0.1, 0.15) is 52.6 Å². The number of Topliss-reactive ketones (excluding diaryl/α,β-unsaturated/α-hetero) is 1. The van der Waals surface area contributed by atoms with Gasteiger partial charge in [0.1, 0.15) is 4.90 Å². The van der Waals surface area contributed by atoms with Gasteiger partial charge >= 0.3 is 6.03 Å². The fraction of sp³-hybridized carbons (Fsp3) is 0.368. The summed E-state index contributed by atoms with van der Waals surface area (Å²) in [5, 5.41) is 2.77. The highest BCUT2D eigenvalue weighted by Gasteiger charge is 2.26. The van der Waals surface area contributed by atoms with Gasteiger partial charge in [0.05, 0.1) is 12.4 Å². The molecule has 0 unspecified atom stereocenters. The quantitative estimate of drug-likeness (QED) is 0.760. The molecule has 0 spiro atoms. The van der Waals surface area contributed by atoms with Crippen LogP contribution in [0, 0.1) is 0 Å². The number of fused-ring (bicyclic) bond motifs is 2. The average molecular weight is 400 g/mol. The number of carbonyl (C=O) groups is 2. The van der Waals surface area contributed by atoms with Gasteiger partial charge in [0.15, 0.2) is 11.6 Å². The van der Waals surface area contributed by atoms with Crippen LogP contribution in [-0.4, -0.2) is 30.2 Å². The number of sulfonamides is 1. The van der Waals surface area contributed by atoms with Crippen molar-refractivity contribution in [2.24, 2.45) is 0 Å². The van der Waals surface area contributed by atoms with Crippen molar-refractivity contribution in [3.8, 4) is 0 Å². The first-order valence-corrected chi connectivity index (χ1v) is 10.7. The summed E-state index contributed by atoms with van der Waals surface area (Å²) in [6, 6.07) is 1.42. The van der Waals surface area contributed by atoms with Gasteiger partial charge < -0.3 is 5.32 Å². The van der Waals surface area contributed by atoms with E-state index in [1.807, 2.05) is 4.72 Å². The summed E-state index contributed by atoms with van der Waals surface area (Å²) in [7, 11) is -4.15. The summed E-state index contributed by atoms with van der Waals surface area (Å²) in [4.78, 5) is 30.9. The minimum Gasteiger partial charge on any atom is -0.307 e. The first kappa shape index (κ1) is 18.5. The highest BCUT2D eigenvalue weighted by Crippen LogP contribution is 2.38. The third-order valence-electron chi connectivity index (χ3n) is 5.19. The summed E-state index contributed by atoms with van der Waals surface area (Å²) in [6.07, 6.45) is 7.82. The summed E-state index contributed by atoms with van der Waals surface area (Å²) in [5.41, 5.74) is 5.47. The molecular formula is C19H20N4O4S. The summed E-state index contributed by atoms with van der Waals surface area (Å²) in [6.45, 7) is 1.28. The van der Waals surface area contributed by atoms with Crippen LogP contribution in [-0.2, 0) is 35.7 Å². The van der Waals surface area contributed by atoms with E-state index in [4.69, 9.17) is 0 Å². The second-order valence-corrected chi connectivity index (χ2v) is 8.77. The van der Waals surface area contributed by atoms with Crippen molar-refractivity contribution < 1.29 is 18.0 Å². The van der Waals surface area contributed by atoms with Crippen molar-refractivity contribution in [3.63, 3.8) is 0 Å². The van der Waals surface area contributed by atoms with Crippen molar-refractivity contribution >= 4 is 27.5 Å². The molecule has 1 aromatic heterocycles. The lowest BCUT2D eigenvalue weighted by Crippen LogP contribution is -2.35. The summed E-state index contributed by atoms with van der Waals surface area (Å²) >= 11 is 0. The first-order valence-electron chi connectivity index (χ1n) is 9.18. The van der Waals surface area contributed by atoms with Crippen LogP contribution in [0.2, 0.25) is 0 Å². The van der Waals surface area contributed by atoms with E-state index in [2.05, 4.69) is 21.4 Å². The number of carbonyl (C=O) groups excluding carboxylic acids is 2. The molecule has 4 rings (SSSR count). The summed E-state index contributed by atoms with van der Waals surface area (Å²) in [5.74, 6) is -0.458. The molecule has 0 radical (unpaired) electrons. The van der Waals surface area contributed by atoms with Crippen molar-refractivity contribution in [3.05, 3.63) is 46.5 Å². The van der Waals surface area contributed by atoms with E-state index in [-0.39, 0.29) is 16.5 Å². The Morgan fingerprint density at radius 3 is 2.07 bits per heavy atom. The number of nitrogens with one attached hydrogen (secondary N) is 2. The number of nitrogens with zero attached hydrogens (tertiary/aromatic N) is 2. The molecule has 0 bridgehead atoms. The Hall–Kier alpha value is -2.81. The lowest BCUT2D eigenvalue weighted by atomic mass is 9.99. The van der Waals surface area contributed by atoms with Crippen molar-refractivity contribution in [2.45, 2.75) is 50.3 Å². The fourth-order valence-electron chi connectivity index (χ4n) is 3.92. The van der Waals surface area contributed by atoms with Gasteiger partial charge in [0.25, 0.3) is 10.0 Å². The molecule has 28 heavy (non-hydrogen) atoms. The predicted octanol–water partition coefficient (Wildman–Crippen LogP) is 2.17. The van der Waals surface area contributed by atoms with Gasteiger partial charge in [-0.25, -0.2) is 27.9 Å². The number of hydrogen-bond donors (Lipinski definition) is 2. The number of amides is 2. The standard InChI is InChI=1S/C19H20N4O4S/c1-11(24)18-20-9-14(10-21-18)28(26,27)23-19(25)22-17-15-6-2-4-12(15)8-13-5-3-7-16(13)17/h8-10H,2-7H2,1H3,(H2,22,23,25). The van der Waals surface area contributed by atoms with E-state index in [1.54, 1.807) is 0 Å². The molecule has 2 amide bonds. The van der Waals surface area contributed by atoms with Crippen LogP contribution in [0.25, 0.3) is 0 Å². The lowest BCUT2D eigenvalue weighted by molar-refractivity contribution is 0.100. The average Bonchev–Trinajstić information content (AvgIpc) is 3.30. The van der Waals surface area contributed by atoms with Crippen LogP contribution < -0.4 is 10.0 Å². The van der Waals surface area contributed by atoms with Gasteiger partial charge in [-0.2, -0.15) is 0 Å². The van der Waals surface area contributed by atoms with Crippen LogP contribution in [0.4, 0.5) is 10.5 Å². The van der Waals surface area contributed by atoms with E-state index in [9.17, 15) is 18.0 Å². The number of benzene rings is 1. The normalized spacial score (nSPS) is 15.0. The molecule has 2 aliphatic rings. The van der Waals surface area contributed by atoms with Crippen LogP contribution >= 0.6 is 0 Å². The number of rotatable bonds is 4. The Balaban J connectivity index is 1.56. The maximum atomic E-state index is 12.5. The SMILES string of the molecule is CC(=O)c1ncc(S(=O)(=O)NC(=O)Nc2c3c(cc4c2CCC4)CCC3)cn1. The number of anilines is 1. The third-order valence-corrected chi connectivity index (χ3v) is 6.48. The molecule has 0 aliphatic heterocycles. The molecule has 0 saturated heterocycles. The topological polar surface area (TPSA) is 118 Å². The zero-order valence-electron chi connectivity index (χ0n) is 15.4. The molecule has 2 aliphatic carbocycles. The highest BCUT2D eigenvalue weighted by atomic mass is 32.2. The van der Waals surface area contributed by atoms with E-state index >= 15 is 0 Å². The van der Waals surface area contributed by atoms with Gasteiger partial charge in [-0.1, -0.05) is 6.07 Å². The minimum absolute atomic E-state index is 0.0844. The number of aromatic nitrogens is 2. The molecule has 0 fully saturated rings. The zero-order valence-corrected chi connectivity index (χ0v) is 16.2. The van der Waals surface area contributed by atoms with Crippen molar-refractivity contribution in [1.29, 1.82) is 0 Å². The van der Waals surface area contributed by atoms with Gasteiger partial charge in [0, 0.05) is 12.6 Å². The molecule has 2 aromatic rings. The second-order valence-electron chi connectivity index (χ2n) is 7.09. The Morgan fingerprint density at radius 2 is 1.54 bits per heavy atom. The number of ketones is 1. The molecule has 0 atom stereocenters. The predicted molar refractivity (Wildman–Crippen MR) is 102 cm³/mol. The molecule has 1 aromatic carbocycles. The molecule has 1 heterocycles. The third kappa shape index (κ3) is 3.37. The van der Waals surface area contributed by atoms with Crippen molar-refractivity contribution in [2.75, 3.05) is 5.32 Å². The highest BCUT2D eigenvalue weighted by molar-refractivity contribution is 7.90. The Kier molecular flexibility index (Phi) is 4.62. The smallest absolute Gasteiger partial charge is 0.307 e. The molecule has 9 heteroatoms. The lowest BCUT2D eigenvalue weighted by Gasteiger charge is -2.16. The van der Waals surface area contributed by atoms with Crippen molar-refractivity contribution in [1.82, 2.24) is 14.7 Å². The maximum Gasteiger partial charge on any atom is 0.333 e. The monoisotopic (exact) mass is 400 g/mol. The fourth-order valence-corrected chi connectivity index (χ4v) is 4.72. The second kappa shape index (κ2) is 6.97. The molecular weight excluding hydrogens is 380 g/mol. The Bertz CT molecular complexity index is 1050. The molecule has 2 N–H and O–H groups in total. The number of aryl methyl sites for hydroxylation is 2. The van der Waals surface area contributed by atoms with Crippen LogP contribution in [0.3, 0.4) is 0 Å². The van der Waals surface area contributed by atoms with E-state index in [0.717, 1.165) is 67.7 Å². The molecule has 0 saturated carbocycles. The van der Waals surface area contributed by atoms with Gasteiger partial charge in [-0.15, -0.1) is 0 Å². The van der Waals surface area contributed by atoms with Gasteiger partial charge in [-0.05, 0) is 60.8 Å². The first-order chi connectivity index (χ1) is 13.3. The maximum absolute atomic E-state index is 12.5. The van der Waals surface area contributed by atoms with Crippen LogP contribution in [0.15, 0.2) is 23.4 Å². The van der Waals surface area contributed by atoms with E-state index < -0.39 is 16.1 Å². The van der Waals surface area contributed by atoms with Gasteiger partial charge in [0.2, 0.25) is 0 Å². The number of urea groups is 1. The summed E-state index contributed by atoms with van der Waals surface area (Å²) < 4.78 is 26.9. The van der Waals surface area contributed by atoms with E-state index in [0.29, 0.717) is 0 Å². The van der Waals surface area contributed by atoms with Gasteiger partial charge in [-0.3, -0.25) is 4.79 Å². The number of hydrogen-bond acceptors (Lipinski definition) is 6. The zero-order chi connectivity index (χ0) is 19.9. The minimum atomic E-state index is -4.15. The Labute approximate surface area is 162 Å². The molecule has 146 valence electrons.